The highest BCUT2D eigenvalue weighted by Gasteiger charge is 2.20. The van der Waals surface area contributed by atoms with Gasteiger partial charge in [-0.25, -0.2) is 9.67 Å². The summed E-state index contributed by atoms with van der Waals surface area (Å²) in [4.78, 5) is 33.7. The molecule has 2 N–H and O–H groups in total. The average Bonchev–Trinajstić information content (AvgIpc) is 3.24. The molecule has 0 unspecified atom stereocenters. The van der Waals surface area contributed by atoms with Crippen LogP contribution in [0.1, 0.15) is 42.1 Å². The summed E-state index contributed by atoms with van der Waals surface area (Å²) in [5, 5.41) is 6.65. The molecule has 1 aliphatic carbocycles. The van der Waals surface area contributed by atoms with Crippen LogP contribution in [0.4, 0.5) is 14.5 Å². The van der Waals surface area contributed by atoms with Crippen molar-refractivity contribution in [1.82, 2.24) is 19.7 Å². The molecule has 10 heteroatoms. The van der Waals surface area contributed by atoms with Crippen LogP contribution in [0.15, 0.2) is 17.2 Å². The number of H-pyrrole nitrogens is 1. The molecule has 0 aliphatic heterocycles. The number of thiophene rings is 1. The number of rotatable bonds is 5. The number of carbonyl (C=O) groups is 1. The van der Waals surface area contributed by atoms with Gasteiger partial charge in [0, 0.05) is 17.7 Å². The zero-order valence-electron chi connectivity index (χ0n) is 14.3. The first kappa shape index (κ1) is 17.8. The third kappa shape index (κ3) is 3.61. The fourth-order valence-electron chi connectivity index (χ4n) is 3.29. The van der Waals surface area contributed by atoms with Gasteiger partial charge in [0.15, 0.2) is 0 Å². The minimum absolute atomic E-state index is 0.0688. The van der Waals surface area contributed by atoms with E-state index in [0.717, 1.165) is 48.5 Å². The maximum absolute atomic E-state index is 12.5. The van der Waals surface area contributed by atoms with E-state index >= 15 is 0 Å². The lowest BCUT2D eigenvalue weighted by atomic mass is 9.97. The fraction of sp³-hybridized carbons (Fsp3) is 0.412. The maximum atomic E-state index is 12.5. The van der Waals surface area contributed by atoms with E-state index in [9.17, 15) is 18.4 Å². The highest BCUT2D eigenvalue weighted by Crippen LogP contribution is 2.33. The van der Waals surface area contributed by atoms with Gasteiger partial charge in [-0.15, -0.1) is 11.3 Å². The maximum Gasteiger partial charge on any atom is 0.333 e. The molecular weight excluding hydrogens is 376 g/mol. The van der Waals surface area contributed by atoms with Gasteiger partial charge in [-0.1, -0.05) is 0 Å². The molecule has 0 bridgehead atoms. The third-order valence-electron chi connectivity index (χ3n) is 4.55. The predicted octanol–water partition coefficient (Wildman–Crippen LogP) is 3.03. The standard InChI is InChI=1S/C17H17F2N5O2S/c18-17(19)24-8-9(7-20-24)21-13(25)6-5-12-22-15(26)14-10-3-1-2-4-11(10)27-16(14)23-12/h7-8,17H,1-6H2,(H,21,25)(H,22,23,26). The summed E-state index contributed by atoms with van der Waals surface area (Å²) in [7, 11) is 0. The first-order valence-electron chi connectivity index (χ1n) is 8.67. The normalized spacial score (nSPS) is 13.9. The summed E-state index contributed by atoms with van der Waals surface area (Å²) >= 11 is 1.56. The van der Waals surface area contributed by atoms with Crippen molar-refractivity contribution < 1.29 is 13.6 Å². The first-order chi connectivity index (χ1) is 13.0. The summed E-state index contributed by atoms with van der Waals surface area (Å²) in [6, 6.07) is 0. The van der Waals surface area contributed by atoms with Crippen molar-refractivity contribution in [3.8, 4) is 0 Å². The summed E-state index contributed by atoms with van der Waals surface area (Å²) < 4.78 is 25.4. The molecular formula is C17H17F2N5O2S. The second kappa shape index (κ2) is 7.18. The molecule has 0 atom stereocenters. The van der Waals surface area contributed by atoms with Gasteiger partial charge >= 0.3 is 6.55 Å². The van der Waals surface area contributed by atoms with E-state index in [1.54, 1.807) is 11.3 Å². The Kier molecular flexibility index (Phi) is 4.73. The van der Waals surface area contributed by atoms with Crippen LogP contribution in [0.25, 0.3) is 10.2 Å². The molecule has 0 fully saturated rings. The summed E-state index contributed by atoms with van der Waals surface area (Å²) in [5.74, 6) is 0.0848. The van der Waals surface area contributed by atoms with Crippen molar-refractivity contribution in [2.45, 2.75) is 45.1 Å². The van der Waals surface area contributed by atoms with Crippen LogP contribution >= 0.6 is 11.3 Å². The molecule has 0 aromatic carbocycles. The van der Waals surface area contributed by atoms with Crippen LogP contribution in [-0.2, 0) is 24.1 Å². The zero-order valence-corrected chi connectivity index (χ0v) is 15.1. The van der Waals surface area contributed by atoms with E-state index in [2.05, 4.69) is 20.4 Å². The van der Waals surface area contributed by atoms with Gasteiger partial charge in [-0.3, -0.25) is 9.59 Å². The zero-order chi connectivity index (χ0) is 19.0. The Balaban J connectivity index is 1.45. The summed E-state index contributed by atoms with van der Waals surface area (Å²) in [6.07, 6.45) is 6.66. The van der Waals surface area contributed by atoms with Gasteiger partial charge in [0.05, 0.1) is 23.5 Å². The number of fused-ring (bicyclic) bond motifs is 3. The third-order valence-corrected chi connectivity index (χ3v) is 5.73. The fourth-order valence-corrected chi connectivity index (χ4v) is 4.57. The van der Waals surface area contributed by atoms with E-state index < -0.39 is 6.55 Å². The molecule has 142 valence electrons. The Hall–Kier alpha value is -2.62. The van der Waals surface area contributed by atoms with Crippen LogP contribution in [-0.4, -0.2) is 25.7 Å². The van der Waals surface area contributed by atoms with Gasteiger partial charge in [0.1, 0.15) is 10.7 Å². The molecule has 0 radical (unpaired) electrons. The second-order valence-corrected chi connectivity index (χ2v) is 7.52. The molecule has 0 saturated heterocycles. The Bertz CT molecular complexity index is 1060. The number of aromatic nitrogens is 4. The Labute approximate surface area is 156 Å². The molecule has 27 heavy (non-hydrogen) atoms. The monoisotopic (exact) mass is 393 g/mol. The lowest BCUT2D eigenvalue weighted by Crippen LogP contribution is -2.16. The molecule has 1 aliphatic rings. The number of aryl methyl sites for hydroxylation is 3. The molecule has 3 heterocycles. The number of nitrogens with zero attached hydrogens (tertiary/aromatic N) is 3. The highest BCUT2D eigenvalue weighted by atomic mass is 32.1. The Morgan fingerprint density at radius 1 is 1.37 bits per heavy atom. The molecule has 1 amide bonds. The largest absolute Gasteiger partial charge is 0.333 e. The predicted molar refractivity (Wildman–Crippen MR) is 97.3 cm³/mol. The van der Waals surface area contributed by atoms with Crippen molar-refractivity contribution in [2.75, 3.05) is 5.32 Å². The van der Waals surface area contributed by atoms with Crippen molar-refractivity contribution in [3.63, 3.8) is 0 Å². The van der Waals surface area contributed by atoms with Gasteiger partial charge in [-0.2, -0.15) is 13.9 Å². The van der Waals surface area contributed by atoms with E-state index in [-0.39, 0.29) is 30.0 Å². The summed E-state index contributed by atoms with van der Waals surface area (Å²) in [5.41, 5.74) is 1.16. The number of amides is 1. The van der Waals surface area contributed by atoms with Gasteiger partial charge in [0.25, 0.3) is 5.56 Å². The lowest BCUT2D eigenvalue weighted by Gasteiger charge is -2.09. The summed E-state index contributed by atoms with van der Waals surface area (Å²) in [6.45, 7) is -2.76. The van der Waals surface area contributed by atoms with Crippen molar-refractivity contribution in [3.05, 3.63) is 39.0 Å². The van der Waals surface area contributed by atoms with Crippen LogP contribution in [0.3, 0.4) is 0 Å². The van der Waals surface area contributed by atoms with Gasteiger partial charge < -0.3 is 10.3 Å². The average molecular weight is 393 g/mol. The number of anilines is 1. The van der Waals surface area contributed by atoms with E-state index in [4.69, 9.17) is 0 Å². The first-order valence-corrected chi connectivity index (χ1v) is 9.48. The highest BCUT2D eigenvalue weighted by molar-refractivity contribution is 7.18. The van der Waals surface area contributed by atoms with Crippen molar-refractivity contribution >= 4 is 33.1 Å². The van der Waals surface area contributed by atoms with Crippen molar-refractivity contribution in [2.24, 2.45) is 0 Å². The van der Waals surface area contributed by atoms with Crippen LogP contribution in [0.2, 0.25) is 0 Å². The molecule has 4 rings (SSSR count). The number of hydrogen-bond donors (Lipinski definition) is 2. The second-order valence-electron chi connectivity index (χ2n) is 6.44. The topological polar surface area (TPSA) is 92.7 Å². The number of carbonyl (C=O) groups excluding carboxylic acids is 1. The van der Waals surface area contributed by atoms with E-state index in [0.29, 0.717) is 15.9 Å². The van der Waals surface area contributed by atoms with Gasteiger partial charge in [0.2, 0.25) is 5.91 Å². The Morgan fingerprint density at radius 3 is 2.96 bits per heavy atom. The number of nitrogens with one attached hydrogen (secondary N) is 2. The molecule has 7 nitrogen and oxygen atoms in total. The van der Waals surface area contributed by atoms with Crippen LogP contribution in [0.5, 0.6) is 0 Å². The lowest BCUT2D eigenvalue weighted by molar-refractivity contribution is -0.116. The minimum atomic E-state index is -2.76. The van der Waals surface area contributed by atoms with Crippen LogP contribution < -0.4 is 10.9 Å². The number of aromatic amines is 1. The van der Waals surface area contributed by atoms with Gasteiger partial charge in [-0.05, 0) is 31.2 Å². The quantitative estimate of drug-likeness (QED) is 0.697. The molecule has 3 aromatic heterocycles. The van der Waals surface area contributed by atoms with Crippen LogP contribution in [0, 0.1) is 0 Å². The SMILES string of the molecule is O=C(CCc1nc2sc3c(c2c(=O)[nH]1)CCCC3)Nc1cnn(C(F)F)c1. The number of hydrogen-bond acceptors (Lipinski definition) is 5. The van der Waals surface area contributed by atoms with E-state index in [1.807, 2.05) is 0 Å². The number of alkyl halides is 2. The molecule has 3 aromatic rings. The molecule has 0 spiro atoms. The smallest absolute Gasteiger partial charge is 0.323 e. The molecule has 0 saturated carbocycles. The Morgan fingerprint density at radius 2 is 2.19 bits per heavy atom. The number of halogens is 2. The van der Waals surface area contributed by atoms with Crippen molar-refractivity contribution in [1.29, 1.82) is 0 Å². The van der Waals surface area contributed by atoms with E-state index in [1.165, 1.54) is 4.88 Å². The minimum Gasteiger partial charge on any atom is -0.323 e.